The molecule has 126 valence electrons. The molecule has 2 heterocycles. The first-order valence-corrected chi connectivity index (χ1v) is 9.67. The summed E-state index contributed by atoms with van der Waals surface area (Å²) in [6.45, 7) is 1.63. The molecule has 0 bridgehead atoms. The van der Waals surface area contributed by atoms with E-state index in [1.54, 1.807) is 18.0 Å². The molecule has 0 saturated carbocycles. The molecule has 2 aromatic rings. The lowest BCUT2D eigenvalue weighted by atomic mass is 10.1. The zero-order valence-electron chi connectivity index (χ0n) is 13.6. The fourth-order valence-corrected chi connectivity index (χ4v) is 4.25. The van der Waals surface area contributed by atoms with Crippen molar-refractivity contribution in [3.05, 3.63) is 59.5 Å². The molecule has 4 rings (SSSR count). The van der Waals surface area contributed by atoms with Gasteiger partial charge in [-0.3, -0.25) is 9.69 Å². The van der Waals surface area contributed by atoms with Crippen LogP contribution in [0.5, 0.6) is 0 Å². The summed E-state index contributed by atoms with van der Waals surface area (Å²) in [6, 6.07) is 13.1. The Kier molecular flexibility index (Phi) is 4.63. The molecule has 1 aromatic carbocycles. The van der Waals surface area contributed by atoms with Crippen molar-refractivity contribution in [2.75, 3.05) is 18.8 Å². The topological polar surface area (TPSA) is 45.2 Å². The number of benzene rings is 1. The van der Waals surface area contributed by atoms with Crippen molar-refractivity contribution >= 4 is 17.7 Å². The minimum atomic E-state index is 0.0828. The summed E-state index contributed by atoms with van der Waals surface area (Å²) >= 11 is 1.78. The first-order valence-electron chi connectivity index (χ1n) is 8.51. The molecule has 1 amide bonds. The second kappa shape index (κ2) is 7.03. The number of amides is 1. The van der Waals surface area contributed by atoms with Crippen molar-refractivity contribution in [3.8, 4) is 0 Å². The van der Waals surface area contributed by atoms with Gasteiger partial charge in [-0.05, 0) is 36.1 Å². The minimum absolute atomic E-state index is 0.0828. The van der Waals surface area contributed by atoms with Gasteiger partial charge in [-0.2, -0.15) is 11.8 Å². The first kappa shape index (κ1) is 15.8. The standard InChI is InChI=1S/C19H22N2O2S/c22-19(20-7-9-24-13-17-6-3-8-23-17)18-12-21(18)16-10-14-4-1-2-5-15(14)11-16/h1-6,8,16,18H,7,9-13H2,(H,20,22). The molecule has 1 saturated heterocycles. The molecule has 1 aromatic heterocycles. The number of hydrogen-bond donors (Lipinski definition) is 1. The van der Waals surface area contributed by atoms with Gasteiger partial charge in [0.2, 0.25) is 5.91 Å². The van der Waals surface area contributed by atoms with E-state index in [2.05, 4.69) is 34.5 Å². The van der Waals surface area contributed by atoms with E-state index in [1.165, 1.54) is 11.1 Å². The zero-order valence-corrected chi connectivity index (χ0v) is 14.4. The number of carbonyl (C=O) groups is 1. The molecule has 24 heavy (non-hydrogen) atoms. The minimum Gasteiger partial charge on any atom is -0.468 e. The number of nitrogens with zero attached hydrogens (tertiary/aromatic N) is 1. The van der Waals surface area contributed by atoms with Gasteiger partial charge in [0.1, 0.15) is 11.8 Å². The molecule has 1 N–H and O–H groups in total. The molecular weight excluding hydrogens is 320 g/mol. The van der Waals surface area contributed by atoms with E-state index in [9.17, 15) is 4.79 Å². The van der Waals surface area contributed by atoms with Gasteiger partial charge in [-0.1, -0.05) is 24.3 Å². The number of fused-ring (bicyclic) bond motifs is 1. The molecule has 1 fully saturated rings. The monoisotopic (exact) mass is 342 g/mol. The average molecular weight is 342 g/mol. The molecule has 2 aliphatic rings. The molecule has 2 atom stereocenters. The van der Waals surface area contributed by atoms with Gasteiger partial charge >= 0.3 is 0 Å². The Balaban J connectivity index is 1.15. The van der Waals surface area contributed by atoms with Crippen LogP contribution in [0.4, 0.5) is 0 Å². The first-order chi connectivity index (χ1) is 11.8. The predicted molar refractivity (Wildman–Crippen MR) is 96.0 cm³/mol. The van der Waals surface area contributed by atoms with Gasteiger partial charge in [0.05, 0.1) is 12.0 Å². The molecule has 5 heteroatoms. The summed E-state index contributed by atoms with van der Waals surface area (Å²) in [6.07, 6.45) is 3.86. The molecule has 0 radical (unpaired) electrons. The fraction of sp³-hybridized carbons (Fsp3) is 0.421. The Labute approximate surface area is 146 Å². The van der Waals surface area contributed by atoms with Crippen LogP contribution >= 0.6 is 11.8 Å². The Hall–Kier alpha value is -1.72. The Morgan fingerprint density at radius 3 is 2.71 bits per heavy atom. The van der Waals surface area contributed by atoms with Gasteiger partial charge in [-0.25, -0.2) is 0 Å². The summed E-state index contributed by atoms with van der Waals surface area (Å²) in [5, 5.41) is 3.07. The van der Waals surface area contributed by atoms with E-state index in [1.807, 2.05) is 12.1 Å². The maximum Gasteiger partial charge on any atom is 0.238 e. The quantitative estimate of drug-likeness (QED) is 0.620. The van der Waals surface area contributed by atoms with E-state index in [-0.39, 0.29) is 11.9 Å². The lowest BCUT2D eigenvalue weighted by Gasteiger charge is -2.12. The molecular formula is C19H22N2O2S. The van der Waals surface area contributed by atoms with Gasteiger partial charge in [0.25, 0.3) is 0 Å². The SMILES string of the molecule is O=C(NCCSCc1ccco1)C1CN1C1Cc2ccccc2C1. The van der Waals surface area contributed by atoms with Gasteiger partial charge in [-0.15, -0.1) is 0 Å². The van der Waals surface area contributed by atoms with Crippen LogP contribution in [0.2, 0.25) is 0 Å². The third-order valence-corrected chi connectivity index (χ3v) is 5.80. The van der Waals surface area contributed by atoms with Crippen LogP contribution in [0, 0.1) is 0 Å². The predicted octanol–water partition coefficient (Wildman–Crippen LogP) is 2.48. The molecule has 0 spiro atoms. The van der Waals surface area contributed by atoms with Crippen molar-refractivity contribution in [2.45, 2.75) is 30.7 Å². The Morgan fingerprint density at radius 2 is 2.00 bits per heavy atom. The van der Waals surface area contributed by atoms with Crippen molar-refractivity contribution in [3.63, 3.8) is 0 Å². The van der Waals surface area contributed by atoms with Crippen LogP contribution in [0.15, 0.2) is 47.1 Å². The van der Waals surface area contributed by atoms with Crippen LogP contribution in [0.25, 0.3) is 0 Å². The summed E-state index contributed by atoms with van der Waals surface area (Å²) < 4.78 is 5.29. The fourth-order valence-electron chi connectivity index (χ4n) is 3.49. The number of rotatable bonds is 7. The zero-order chi connectivity index (χ0) is 16.4. The molecule has 4 nitrogen and oxygen atoms in total. The molecule has 2 unspecified atom stereocenters. The highest BCUT2D eigenvalue weighted by atomic mass is 32.2. The van der Waals surface area contributed by atoms with Crippen LogP contribution < -0.4 is 5.32 Å². The van der Waals surface area contributed by atoms with E-state index in [0.717, 1.165) is 43.2 Å². The van der Waals surface area contributed by atoms with Gasteiger partial charge in [0, 0.05) is 24.9 Å². The van der Waals surface area contributed by atoms with Crippen LogP contribution in [-0.2, 0) is 23.4 Å². The average Bonchev–Trinajstić information content (AvgIpc) is 3.03. The van der Waals surface area contributed by atoms with E-state index in [4.69, 9.17) is 4.42 Å². The van der Waals surface area contributed by atoms with Crippen LogP contribution in [0.1, 0.15) is 16.9 Å². The van der Waals surface area contributed by atoms with Crippen molar-refractivity contribution in [1.29, 1.82) is 0 Å². The highest BCUT2D eigenvalue weighted by Gasteiger charge is 2.46. The highest BCUT2D eigenvalue weighted by Crippen LogP contribution is 2.32. The second-order valence-corrected chi connectivity index (χ2v) is 7.57. The summed E-state index contributed by atoms with van der Waals surface area (Å²) in [5.74, 6) is 2.94. The van der Waals surface area contributed by atoms with Gasteiger partial charge < -0.3 is 9.73 Å². The summed E-state index contributed by atoms with van der Waals surface area (Å²) in [5.41, 5.74) is 2.89. The Morgan fingerprint density at radius 1 is 1.21 bits per heavy atom. The molecule has 1 aliphatic carbocycles. The highest BCUT2D eigenvalue weighted by molar-refractivity contribution is 7.98. The van der Waals surface area contributed by atoms with Gasteiger partial charge in [0.15, 0.2) is 0 Å². The number of nitrogens with one attached hydrogen (secondary N) is 1. The summed E-state index contributed by atoms with van der Waals surface area (Å²) in [7, 11) is 0. The lowest BCUT2D eigenvalue weighted by Crippen LogP contribution is -2.34. The number of furan rings is 1. The number of hydrogen-bond acceptors (Lipinski definition) is 4. The van der Waals surface area contributed by atoms with E-state index in [0.29, 0.717) is 6.04 Å². The second-order valence-electron chi connectivity index (χ2n) is 6.47. The third kappa shape index (κ3) is 3.52. The van der Waals surface area contributed by atoms with Crippen molar-refractivity contribution < 1.29 is 9.21 Å². The maximum atomic E-state index is 12.3. The van der Waals surface area contributed by atoms with Crippen LogP contribution in [-0.4, -0.2) is 41.7 Å². The lowest BCUT2D eigenvalue weighted by molar-refractivity contribution is -0.121. The smallest absolute Gasteiger partial charge is 0.238 e. The van der Waals surface area contributed by atoms with Crippen molar-refractivity contribution in [2.24, 2.45) is 0 Å². The Bertz CT molecular complexity index is 676. The normalized spacial score (nSPS) is 22.3. The van der Waals surface area contributed by atoms with Crippen molar-refractivity contribution in [1.82, 2.24) is 10.2 Å². The van der Waals surface area contributed by atoms with E-state index < -0.39 is 0 Å². The summed E-state index contributed by atoms with van der Waals surface area (Å²) in [4.78, 5) is 14.6. The third-order valence-electron chi connectivity index (χ3n) is 4.82. The molecule has 1 aliphatic heterocycles. The number of carbonyl (C=O) groups excluding carboxylic acids is 1. The van der Waals surface area contributed by atoms with Crippen LogP contribution in [0.3, 0.4) is 0 Å². The maximum absolute atomic E-state index is 12.3. The largest absolute Gasteiger partial charge is 0.468 e. The van der Waals surface area contributed by atoms with E-state index >= 15 is 0 Å². The number of thioether (sulfide) groups is 1.